The van der Waals surface area contributed by atoms with Crippen LogP contribution in [0.5, 0.6) is 0 Å². The lowest BCUT2D eigenvalue weighted by Gasteiger charge is -2.35. The Labute approximate surface area is 58.2 Å². The van der Waals surface area contributed by atoms with E-state index < -0.39 is 0 Å². The third-order valence-corrected chi connectivity index (χ3v) is 2.87. The standard InChI is InChI=1S/C5H10IN/c1-2-7-4-3-5(7)6/h5H,2-4H2,1H3/t5-/m1/s1. The van der Waals surface area contributed by atoms with Crippen molar-refractivity contribution >= 4 is 22.6 Å². The first-order valence-corrected chi connectivity index (χ1v) is 3.97. The van der Waals surface area contributed by atoms with Crippen LogP contribution >= 0.6 is 22.6 Å². The lowest BCUT2D eigenvalue weighted by atomic mass is 10.2. The van der Waals surface area contributed by atoms with Crippen molar-refractivity contribution in [1.29, 1.82) is 0 Å². The Morgan fingerprint density at radius 1 is 1.86 bits per heavy atom. The second-order valence-corrected chi connectivity index (χ2v) is 3.29. The topological polar surface area (TPSA) is 3.24 Å². The second kappa shape index (κ2) is 2.31. The molecule has 0 spiro atoms. The lowest BCUT2D eigenvalue weighted by molar-refractivity contribution is 0.177. The maximum atomic E-state index is 2.48. The van der Waals surface area contributed by atoms with Crippen molar-refractivity contribution in [3.05, 3.63) is 0 Å². The number of rotatable bonds is 1. The molecule has 0 N–H and O–H groups in total. The summed E-state index contributed by atoms with van der Waals surface area (Å²) in [6.07, 6.45) is 1.40. The molecule has 0 bridgehead atoms. The molecule has 0 aromatic rings. The zero-order valence-corrected chi connectivity index (χ0v) is 6.68. The summed E-state index contributed by atoms with van der Waals surface area (Å²) in [5.41, 5.74) is 0. The summed E-state index contributed by atoms with van der Waals surface area (Å²) in [7, 11) is 0. The quantitative estimate of drug-likeness (QED) is 0.360. The Morgan fingerprint density at radius 2 is 2.57 bits per heavy atom. The summed E-state index contributed by atoms with van der Waals surface area (Å²) in [6.45, 7) is 4.77. The van der Waals surface area contributed by atoms with Gasteiger partial charge in [-0.1, -0.05) is 29.5 Å². The van der Waals surface area contributed by atoms with Crippen LogP contribution in [0, 0.1) is 0 Å². The molecule has 0 aromatic carbocycles. The van der Waals surface area contributed by atoms with Crippen molar-refractivity contribution in [1.82, 2.24) is 4.90 Å². The second-order valence-electron chi connectivity index (χ2n) is 1.85. The zero-order chi connectivity index (χ0) is 5.28. The van der Waals surface area contributed by atoms with E-state index in [1.54, 1.807) is 0 Å². The van der Waals surface area contributed by atoms with E-state index in [1.807, 2.05) is 0 Å². The van der Waals surface area contributed by atoms with Gasteiger partial charge in [-0.05, 0) is 13.0 Å². The fourth-order valence-electron chi connectivity index (χ4n) is 0.765. The zero-order valence-electron chi connectivity index (χ0n) is 4.52. The minimum absolute atomic E-state index is 0.850. The number of hydrogen-bond acceptors (Lipinski definition) is 1. The third kappa shape index (κ3) is 1.08. The van der Waals surface area contributed by atoms with E-state index >= 15 is 0 Å². The van der Waals surface area contributed by atoms with Gasteiger partial charge in [0.1, 0.15) is 0 Å². The third-order valence-electron chi connectivity index (χ3n) is 1.46. The van der Waals surface area contributed by atoms with Gasteiger partial charge in [-0.3, -0.25) is 4.90 Å². The lowest BCUT2D eigenvalue weighted by Crippen LogP contribution is -2.42. The van der Waals surface area contributed by atoms with Gasteiger partial charge in [0.15, 0.2) is 0 Å². The Bertz CT molecular complexity index is 63.1. The number of alkyl halides is 1. The number of hydrogen-bond donors (Lipinski definition) is 0. The van der Waals surface area contributed by atoms with Crippen LogP contribution in [0.15, 0.2) is 0 Å². The average molecular weight is 211 g/mol. The van der Waals surface area contributed by atoms with Crippen LogP contribution < -0.4 is 0 Å². The van der Waals surface area contributed by atoms with Crippen molar-refractivity contribution in [2.45, 2.75) is 17.4 Å². The van der Waals surface area contributed by atoms with E-state index in [0.717, 1.165) is 4.05 Å². The molecule has 1 nitrogen and oxygen atoms in total. The fraction of sp³-hybridized carbons (Fsp3) is 1.00. The van der Waals surface area contributed by atoms with Crippen LogP contribution in [-0.4, -0.2) is 22.0 Å². The molecule has 1 rings (SSSR count). The molecule has 0 radical (unpaired) electrons. The summed E-state index contributed by atoms with van der Waals surface area (Å²) in [4.78, 5) is 2.46. The normalized spacial score (nSPS) is 32.6. The van der Waals surface area contributed by atoms with Crippen LogP contribution in [-0.2, 0) is 0 Å². The summed E-state index contributed by atoms with van der Waals surface area (Å²) < 4.78 is 0.850. The summed E-state index contributed by atoms with van der Waals surface area (Å²) >= 11 is 2.48. The van der Waals surface area contributed by atoms with Gasteiger partial charge >= 0.3 is 0 Å². The molecule has 1 saturated heterocycles. The van der Waals surface area contributed by atoms with Gasteiger partial charge in [-0.15, -0.1) is 0 Å². The first kappa shape index (κ1) is 5.82. The molecule has 1 atom stereocenters. The van der Waals surface area contributed by atoms with E-state index in [9.17, 15) is 0 Å². The SMILES string of the molecule is CCN1CC[C@@H]1I. The van der Waals surface area contributed by atoms with Gasteiger partial charge in [0.2, 0.25) is 0 Å². The molecule has 0 aliphatic carbocycles. The molecule has 1 aliphatic rings. The maximum absolute atomic E-state index is 2.48. The monoisotopic (exact) mass is 211 g/mol. The minimum atomic E-state index is 0.850. The van der Waals surface area contributed by atoms with Gasteiger partial charge < -0.3 is 0 Å². The Hall–Kier alpha value is 0.690. The molecule has 0 unspecified atom stereocenters. The van der Waals surface area contributed by atoms with Crippen LogP contribution in [0.2, 0.25) is 0 Å². The molecule has 1 aliphatic heterocycles. The molecule has 0 saturated carbocycles. The van der Waals surface area contributed by atoms with Crippen LogP contribution in [0.3, 0.4) is 0 Å². The predicted octanol–water partition coefficient (Wildman–Crippen LogP) is 1.47. The Kier molecular flexibility index (Phi) is 1.92. The maximum Gasteiger partial charge on any atom is 0.0630 e. The van der Waals surface area contributed by atoms with E-state index in [-0.39, 0.29) is 0 Å². The van der Waals surface area contributed by atoms with Gasteiger partial charge in [-0.25, -0.2) is 0 Å². The molecule has 1 fully saturated rings. The highest BCUT2D eigenvalue weighted by molar-refractivity contribution is 14.1. The number of halogens is 1. The molecule has 42 valence electrons. The molecule has 1 heterocycles. The van der Waals surface area contributed by atoms with Crippen molar-refractivity contribution < 1.29 is 0 Å². The van der Waals surface area contributed by atoms with Crippen LogP contribution in [0.1, 0.15) is 13.3 Å². The van der Waals surface area contributed by atoms with Crippen LogP contribution in [0.25, 0.3) is 0 Å². The molecule has 0 amide bonds. The van der Waals surface area contributed by atoms with Gasteiger partial charge in [-0.2, -0.15) is 0 Å². The average Bonchev–Trinajstić information content (AvgIpc) is 1.65. The van der Waals surface area contributed by atoms with Crippen molar-refractivity contribution in [3.63, 3.8) is 0 Å². The van der Waals surface area contributed by atoms with Gasteiger partial charge in [0.25, 0.3) is 0 Å². The first-order chi connectivity index (χ1) is 3.34. The van der Waals surface area contributed by atoms with Crippen molar-refractivity contribution in [2.24, 2.45) is 0 Å². The highest BCUT2D eigenvalue weighted by Crippen LogP contribution is 2.21. The van der Waals surface area contributed by atoms with E-state index in [2.05, 4.69) is 34.4 Å². The minimum Gasteiger partial charge on any atom is -0.292 e. The van der Waals surface area contributed by atoms with Gasteiger partial charge in [0.05, 0.1) is 4.05 Å². The molecular weight excluding hydrogens is 201 g/mol. The fourth-order valence-corrected chi connectivity index (χ4v) is 1.72. The number of nitrogens with zero attached hydrogens (tertiary/aromatic N) is 1. The summed E-state index contributed by atoms with van der Waals surface area (Å²) in [6, 6.07) is 0. The van der Waals surface area contributed by atoms with Crippen LogP contribution in [0.4, 0.5) is 0 Å². The molecule has 7 heavy (non-hydrogen) atoms. The Balaban J connectivity index is 2.16. The largest absolute Gasteiger partial charge is 0.292 e. The highest BCUT2D eigenvalue weighted by Gasteiger charge is 2.22. The first-order valence-electron chi connectivity index (χ1n) is 2.72. The predicted molar refractivity (Wildman–Crippen MR) is 39.7 cm³/mol. The smallest absolute Gasteiger partial charge is 0.0630 e. The van der Waals surface area contributed by atoms with E-state index in [1.165, 1.54) is 19.5 Å². The summed E-state index contributed by atoms with van der Waals surface area (Å²) in [5.74, 6) is 0. The van der Waals surface area contributed by atoms with E-state index in [0.29, 0.717) is 0 Å². The molecular formula is C5H10IN. The van der Waals surface area contributed by atoms with Crippen molar-refractivity contribution in [3.8, 4) is 0 Å². The van der Waals surface area contributed by atoms with Crippen molar-refractivity contribution in [2.75, 3.05) is 13.1 Å². The molecule has 2 heteroatoms. The van der Waals surface area contributed by atoms with Gasteiger partial charge in [0, 0.05) is 6.54 Å². The van der Waals surface area contributed by atoms with E-state index in [4.69, 9.17) is 0 Å². The summed E-state index contributed by atoms with van der Waals surface area (Å²) in [5, 5.41) is 0. The molecule has 0 aromatic heterocycles. The highest BCUT2D eigenvalue weighted by atomic mass is 127. The Morgan fingerprint density at radius 3 is 2.57 bits per heavy atom. The number of likely N-dealkylation sites (tertiary alicyclic amines) is 1.